The van der Waals surface area contributed by atoms with Gasteiger partial charge in [-0.1, -0.05) is 65.4 Å². The molecule has 1 atom stereocenters. The molecule has 0 aromatic carbocycles. The van der Waals surface area contributed by atoms with Gasteiger partial charge in [0.25, 0.3) is 5.95 Å². The van der Waals surface area contributed by atoms with Gasteiger partial charge in [0.2, 0.25) is 5.76 Å². The number of carboxylic acid groups (broad SMARTS) is 1. The standard InChI is InChI=1S/C27H35NO4/c1-4-5-6-7-8-9-10-18-11-12-21(31-23-14-13-22(32-23)26(29)30)25-24(18)19-15-16-27(2,3)17-20(19)28-25/h11-14,18H,4-10,15-17H2,1-3H3,(H,29,30). The number of hydrogen-bond donors (Lipinski definition) is 1. The van der Waals surface area contributed by atoms with Crippen LogP contribution in [0.2, 0.25) is 0 Å². The number of aromatic carboxylic acids is 1. The molecule has 1 unspecified atom stereocenters. The first-order valence-corrected chi connectivity index (χ1v) is 12.1. The molecule has 1 saturated carbocycles. The Hall–Kier alpha value is -2.56. The van der Waals surface area contributed by atoms with Gasteiger partial charge in [-0.15, -0.1) is 0 Å². The van der Waals surface area contributed by atoms with Crippen molar-refractivity contribution >= 4 is 11.7 Å². The monoisotopic (exact) mass is 437 g/mol. The highest BCUT2D eigenvalue weighted by atomic mass is 16.6. The van der Waals surface area contributed by atoms with Gasteiger partial charge in [0.1, 0.15) is 5.70 Å². The summed E-state index contributed by atoms with van der Waals surface area (Å²) in [7, 11) is 0. The van der Waals surface area contributed by atoms with Crippen molar-refractivity contribution in [3.05, 3.63) is 52.6 Å². The third-order valence-corrected chi connectivity index (χ3v) is 6.83. The fourth-order valence-electron chi connectivity index (χ4n) is 5.02. The third kappa shape index (κ3) is 4.92. The van der Waals surface area contributed by atoms with Crippen molar-refractivity contribution in [1.82, 2.24) is 0 Å². The zero-order valence-electron chi connectivity index (χ0n) is 19.6. The van der Waals surface area contributed by atoms with Crippen LogP contribution in [0.25, 0.3) is 0 Å². The highest BCUT2D eigenvalue weighted by Crippen LogP contribution is 2.47. The number of ether oxygens (including phenoxy) is 1. The van der Waals surface area contributed by atoms with Crippen LogP contribution < -0.4 is 4.74 Å². The maximum atomic E-state index is 11.1. The lowest BCUT2D eigenvalue weighted by molar-refractivity contribution is 0.0656. The molecule has 1 N–H and O–H groups in total. The third-order valence-electron chi connectivity index (χ3n) is 6.83. The molecule has 5 nitrogen and oxygen atoms in total. The van der Waals surface area contributed by atoms with Gasteiger partial charge in [-0.05, 0) is 54.4 Å². The van der Waals surface area contributed by atoms with Crippen LogP contribution >= 0.6 is 0 Å². The zero-order chi connectivity index (χ0) is 22.7. The Morgan fingerprint density at radius 2 is 2.00 bits per heavy atom. The minimum absolute atomic E-state index is 0.127. The van der Waals surface area contributed by atoms with Crippen LogP contribution in [-0.4, -0.2) is 16.8 Å². The average Bonchev–Trinajstić information content (AvgIpc) is 3.36. The van der Waals surface area contributed by atoms with Crippen LogP contribution in [0.1, 0.15) is 95.5 Å². The summed E-state index contributed by atoms with van der Waals surface area (Å²) in [6.45, 7) is 6.88. The van der Waals surface area contributed by atoms with Gasteiger partial charge in [-0.25, -0.2) is 9.79 Å². The molecule has 1 fully saturated rings. The van der Waals surface area contributed by atoms with E-state index in [0.29, 0.717) is 11.7 Å². The molecule has 5 heteroatoms. The van der Waals surface area contributed by atoms with E-state index in [2.05, 4.69) is 26.8 Å². The molecule has 1 aromatic rings. The predicted molar refractivity (Wildman–Crippen MR) is 126 cm³/mol. The van der Waals surface area contributed by atoms with Crippen LogP contribution in [0.3, 0.4) is 0 Å². The van der Waals surface area contributed by atoms with E-state index in [1.54, 1.807) is 6.07 Å². The molecule has 1 aliphatic heterocycles. The largest absolute Gasteiger partial charge is 0.475 e. The normalized spacial score (nSPS) is 21.5. The first kappa shape index (κ1) is 22.6. The summed E-state index contributed by atoms with van der Waals surface area (Å²) in [5.41, 5.74) is 5.12. The second-order valence-electron chi connectivity index (χ2n) is 10.1. The van der Waals surface area contributed by atoms with Gasteiger partial charge in [0.15, 0.2) is 5.76 Å². The topological polar surface area (TPSA) is 72.0 Å². The number of rotatable bonds is 10. The molecule has 0 bridgehead atoms. The molecule has 2 heterocycles. The molecule has 0 radical (unpaired) electrons. The molecule has 0 amide bonds. The molecule has 172 valence electrons. The Balaban J connectivity index is 1.55. The Kier molecular flexibility index (Phi) is 6.73. The average molecular weight is 438 g/mol. The van der Waals surface area contributed by atoms with Crippen molar-refractivity contribution in [2.24, 2.45) is 16.3 Å². The van der Waals surface area contributed by atoms with E-state index in [1.807, 2.05) is 6.08 Å². The van der Waals surface area contributed by atoms with E-state index in [9.17, 15) is 4.79 Å². The van der Waals surface area contributed by atoms with Crippen molar-refractivity contribution in [3.63, 3.8) is 0 Å². The Morgan fingerprint density at radius 1 is 1.22 bits per heavy atom. The summed E-state index contributed by atoms with van der Waals surface area (Å²) in [6, 6.07) is 2.97. The predicted octanol–water partition coefficient (Wildman–Crippen LogP) is 7.47. The summed E-state index contributed by atoms with van der Waals surface area (Å²) in [6.07, 6.45) is 16.3. The van der Waals surface area contributed by atoms with Gasteiger partial charge in [0.05, 0.1) is 0 Å². The van der Waals surface area contributed by atoms with Crippen molar-refractivity contribution < 1.29 is 19.1 Å². The number of aliphatic imine (C=N–C) groups is 1. The molecule has 32 heavy (non-hydrogen) atoms. The second-order valence-corrected chi connectivity index (χ2v) is 10.1. The lowest BCUT2D eigenvalue weighted by atomic mass is 9.72. The summed E-state index contributed by atoms with van der Waals surface area (Å²) >= 11 is 0. The van der Waals surface area contributed by atoms with Crippen LogP contribution in [0.4, 0.5) is 0 Å². The Morgan fingerprint density at radius 3 is 2.75 bits per heavy atom. The smallest absolute Gasteiger partial charge is 0.371 e. The van der Waals surface area contributed by atoms with Crippen LogP contribution in [0.15, 0.2) is 56.3 Å². The molecule has 0 saturated heterocycles. The lowest BCUT2D eigenvalue weighted by Crippen LogP contribution is -2.24. The molecular formula is C27H35NO4. The number of hydrogen-bond acceptors (Lipinski definition) is 4. The van der Waals surface area contributed by atoms with Crippen LogP contribution in [-0.2, 0) is 0 Å². The SMILES string of the molecule is CCCCCCCCC1C=CC(Oc2ccc(C(=O)O)o2)=C2N=C3CC(C)(C)CCC3=C21. The van der Waals surface area contributed by atoms with E-state index in [4.69, 9.17) is 19.3 Å². The number of fused-ring (bicyclic) bond motifs is 2. The number of furan rings is 1. The minimum Gasteiger partial charge on any atom is -0.475 e. The number of carbonyl (C=O) groups is 1. The quantitative estimate of drug-likeness (QED) is 0.385. The van der Waals surface area contributed by atoms with Gasteiger partial charge in [-0.3, -0.25) is 0 Å². The van der Waals surface area contributed by atoms with Gasteiger partial charge >= 0.3 is 5.97 Å². The van der Waals surface area contributed by atoms with Crippen molar-refractivity contribution in [3.8, 4) is 5.95 Å². The van der Waals surface area contributed by atoms with Crippen molar-refractivity contribution in [1.29, 1.82) is 0 Å². The van der Waals surface area contributed by atoms with E-state index in [-0.39, 0.29) is 17.1 Å². The summed E-state index contributed by atoms with van der Waals surface area (Å²) < 4.78 is 11.3. The molecule has 3 aliphatic rings. The van der Waals surface area contributed by atoms with Gasteiger partial charge in [-0.2, -0.15) is 0 Å². The Labute approximate surface area is 190 Å². The maximum Gasteiger partial charge on any atom is 0.371 e. The summed E-state index contributed by atoms with van der Waals surface area (Å²) in [5.74, 6) is -0.0283. The number of allylic oxidation sites excluding steroid dienone is 4. The van der Waals surface area contributed by atoms with Crippen LogP contribution in [0.5, 0.6) is 5.95 Å². The molecular weight excluding hydrogens is 402 g/mol. The van der Waals surface area contributed by atoms with Crippen molar-refractivity contribution in [2.45, 2.75) is 85.0 Å². The fraction of sp³-hybridized carbons (Fsp3) is 0.556. The van der Waals surface area contributed by atoms with E-state index in [1.165, 1.54) is 67.9 Å². The first-order chi connectivity index (χ1) is 15.4. The van der Waals surface area contributed by atoms with Crippen molar-refractivity contribution in [2.75, 3.05) is 0 Å². The fourth-order valence-corrected chi connectivity index (χ4v) is 5.02. The number of unbranched alkanes of at least 4 members (excludes halogenated alkanes) is 5. The minimum atomic E-state index is -1.10. The van der Waals surface area contributed by atoms with E-state index in [0.717, 1.165) is 25.0 Å². The second kappa shape index (κ2) is 9.51. The first-order valence-electron chi connectivity index (χ1n) is 12.1. The highest BCUT2D eigenvalue weighted by molar-refractivity contribution is 6.06. The highest BCUT2D eigenvalue weighted by Gasteiger charge is 2.38. The number of nitrogens with zero attached hydrogens (tertiary/aromatic N) is 1. The maximum absolute atomic E-state index is 11.1. The van der Waals surface area contributed by atoms with E-state index < -0.39 is 5.97 Å². The summed E-state index contributed by atoms with van der Waals surface area (Å²) in [5, 5.41) is 9.12. The molecule has 0 spiro atoms. The zero-order valence-corrected chi connectivity index (χ0v) is 19.6. The summed E-state index contributed by atoms with van der Waals surface area (Å²) in [4.78, 5) is 16.2. The molecule has 4 rings (SSSR count). The molecule has 1 aromatic heterocycles. The lowest BCUT2D eigenvalue weighted by Gasteiger charge is -2.31. The van der Waals surface area contributed by atoms with Gasteiger partial charge < -0.3 is 14.3 Å². The number of carboxylic acids is 1. The van der Waals surface area contributed by atoms with Crippen LogP contribution in [0, 0.1) is 11.3 Å². The molecule has 2 aliphatic carbocycles. The van der Waals surface area contributed by atoms with Gasteiger partial charge in [0, 0.05) is 17.7 Å². The van der Waals surface area contributed by atoms with E-state index >= 15 is 0 Å². The Bertz CT molecular complexity index is 989.